The van der Waals surface area contributed by atoms with E-state index in [0.717, 1.165) is 21.9 Å². The first-order chi connectivity index (χ1) is 9.69. The molecule has 110 valence electrons. The van der Waals surface area contributed by atoms with E-state index in [1.807, 2.05) is 0 Å². The summed E-state index contributed by atoms with van der Waals surface area (Å²) < 4.78 is 0.934. The van der Waals surface area contributed by atoms with Crippen molar-refractivity contribution in [2.24, 2.45) is 5.92 Å². The maximum absolute atomic E-state index is 6.07. The van der Waals surface area contributed by atoms with Crippen molar-refractivity contribution in [1.29, 1.82) is 0 Å². The minimum absolute atomic E-state index is 0.524. The van der Waals surface area contributed by atoms with Crippen LogP contribution in [0.2, 0.25) is 0 Å². The molecular formula is C16H24BrN3. The molecule has 0 saturated heterocycles. The van der Waals surface area contributed by atoms with Crippen LogP contribution in [0.3, 0.4) is 0 Å². The van der Waals surface area contributed by atoms with Crippen LogP contribution >= 0.6 is 15.9 Å². The fourth-order valence-electron chi connectivity index (χ4n) is 3.43. The van der Waals surface area contributed by atoms with E-state index in [2.05, 4.69) is 27.8 Å². The maximum Gasteiger partial charge on any atom is 0.141 e. The van der Waals surface area contributed by atoms with Gasteiger partial charge >= 0.3 is 0 Å². The van der Waals surface area contributed by atoms with Crippen LogP contribution in [0.1, 0.15) is 81.6 Å². The van der Waals surface area contributed by atoms with Gasteiger partial charge < -0.3 is 5.73 Å². The Morgan fingerprint density at radius 1 is 1.05 bits per heavy atom. The molecule has 2 aliphatic carbocycles. The Morgan fingerprint density at radius 3 is 2.30 bits per heavy atom. The molecule has 2 aliphatic rings. The van der Waals surface area contributed by atoms with Gasteiger partial charge in [0.15, 0.2) is 0 Å². The molecule has 3 nitrogen and oxygen atoms in total. The highest BCUT2D eigenvalue weighted by Crippen LogP contribution is 2.44. The average Bonchev–Trinajstić information content (AvgIpc) is 3.27. The number of halogens is 1. The van der Waals surface area contributed by atoms with Gasteiger partial charge in [-0.3, -0.25) is 0 Å². The molecule has 2 saturated carbocycles. The Kier molecular flexibility index (Phi) is 4.29. The Bertz CT molecular complexity index is 477. The number of nitrogen functional groups attached to an aromatic ring is 1. The number of rotatable bonds is 4. The summed E-state index contributed by atoms with van der Waals surface area (Å²) in [4.78, 5) is 9.41. The predicted octanol–water partition coefficient (Wildman–Crippen LogP) is 4.77. The second-order valence-corrected chi connectivity index (χ2v) is 7.24. The van der Waals surface area contributed by atoms with Crippen molar-refractivity contribution in [1.82, 2.24) is 9.97 Å². The fraction of sp³-hybridized carbons (Fsp3) is 0.750. The summed E-state index contributed by atoms with van der Waals surface area (Å²) in [5.41, 5.74) is 7.23. The SMILES string of the molecule is CCCC1CCC(c2nc(N)c(Br)c(C3CC3)n2)CC1. The molecule has 3 rings (SSSR count). The monoisotopic (exact) mass is 337 g/mol. The van der Waals surface area contributed by atoms with Crippen LogP contribution in [0.25, 0.3) is 0 Å². The lowest BCUT2D eigenvalue weighted by atomic mass is 9.80. The normalized spacial score (nSPS) is 26.7. The summed E-state index contributed by atoms with van der Waals surface area (Å²) in [6.45, 7) is 2.28. The highest BCUT2D eigenvalue weighted by Gasteiger charge is 2.31. The van der Waals surface area contributed by atoms with E-state index in [4.69, 9.17) is 10.7 Å². The first-order valence-corrected chi connectivity index (χ1v) is 8.81. The van der Waals surface area contributed by atoms with Gasteiger partial charge in [-0.2, -0.15) is 0 Å². The maximum atomic E-state index is 6.07. The Morgan fingerprint density at radius 2 is 1.70 bits per heavy atom. The zero-order valence-corrected chi connectivity index (χ0v) is 13.8. The molecule has 0 spiro atoms. The lowest BCUT2D eigenvalue weighted by Crippen LogP contribution is -2.17. The third kappa shape index (κ3) is 3.00. The van der Waals surface area contributed by atoms with E-state index < -0.39 is 0 Å². The van der Waals surface area contributed by atoms with Gasteiger partial charge in [0.25, 0.3) is 0 Å². The van der Waals surface area contributed by atoms with Crippen molar-refractivity contribution in [3.63, 3.8) is 0 Å². The smallest absolute Gasteiger partial charge is 0.141 e. The van der Waals surface area contributed by atoms with Crippen molar-refractivity contribution in [2.75, 3.05) is 5.73 Å². The van der Waals surface area contributed by atoms with Crippen LogP contribution in [0.5, 0.6) is 0 Å². The van der Waals surface area contributed by atoms with Gasteiger partial charge in [-0.1, -0.05) is 19.8 Å². The molecule has 2 N–H and O–H groups in total. The first-order valence-electron chi connectivity index (χ1n) is 8.01. The van der Waals surface area contributed by atoms with Gasteiger partial charge in [0.1, 0.15) is 11.6 Å². The largest absolute Gasteiger partial charge is 0.383 e. The Labute approximate surface area is 129 Å². The lowest BCUT2D eigenvalue weighted by Gasteiger charge is -2.27. The molecule has 0 bridgehead atoms. The van der Waals surface area contributed by atoms with Gasteiger partial charge in [-0.25, -0.2) is 9.97 Å². The van der Waals surface area contributed by atoms with Crippen molar-refractivity contribution in [3.8, 4) is 0 Å². The molecule has 0 aromatic carbocycles. The van der Waals surface area contributed by atoms with Gasteiger partial charge in [-0.05, 0) is 60.4 Å². The minimum atomic E-state index is 0.524. The van der Waals surface area contributed by atoms with Crippen LogP contribution in [0.15, 0.2) is 4.47 Å². The minimum Gasteiger partial charge on any atom is -0.383 e. The molecule has 1 aromatic rings. The molecule has 1 heterocycles. The van der Waals surface area contributed by atoms with Crippen LogP contribution in [0, 0.1) is 5.92 Å². The molecule has 0 unspecified atom stereocenters. The number of hydrogen-bond acceptors (Lipinski definition) is 3. The standard InChI is InChI=1S/C16H24BrN3/c1-2-3-10-4-6-12(7-5-10)16-19-14(11-8-9-11)13(17)15(18)20-16/h10-12H,2-9H2,1H3,(H2,18,19,20). The molecule has 0 aliphatic heterocycles. The lowest BCUT2D eigenvalue weighted by molar-refractivity contribution is 0.302. The second kappa shape index (κ2) is 6.00. The topological polar surface area (TPSA) is 51.8 Å². The number of anilines is 1. The number of aromatic nitrogens is 2. The van der Waals surface area contributed by atoms with E-state index in [1.54, 1.807) is 0 Å². The Hall–Kier alpha value is -0.640. The molecule has 0 amide bonds. The summed E-state index contributed by atoms with van der Waals surface area (Å²) in [5.74, 6) is 3.70. The summed E-state index contributed by atoms with van der Waals surface area (Å²) in [6.07, 6.45) is 10.3. The van der Waals surface area contributed by atoms with Crippen molar-refractivity contribution >= 4 is 21.7 Å². The second-order valence-electron chi connectivity index (χ2n) is 6.45. The van der Waals surface area contributed by atoms with Gasteiger partial charge in [-0.15, -0.1) is 0 Å². The van der Waals surface area contributed by atoms with E-state index in [0.29, 0.717) is 17.7 Å². The first kappa shape index (κ1) is 14.3. The fourth-order valence-corrected chi connectivity index (χ4v) is 3.93. The Balaban J connectivity index is 1.74. The van der Waals surface area contributed by atoms with Crippen molar-refractivity contribution < 1.29 is 0 Å². The third-order valence-corrected chi connectivity index (χ3v) is 5.61. The molecule has 2 fully saturated rings. The number of hydrogen-bond donors (Lipinski definition) is 1. The predicted molar refractivity (Wildman–Crippen MR) is 85.7 cm³/mol. The molecule has 20 heavy (non-hydrogen) atoms. The summed E-state index contributed by atoms with van der Waals surface area (Å²) in [5, 5.41) is 0. The summed E-state index contributed by atoms with van der Waals surface area (Å²) in [6, 6.07) is 0. The zero-order chi connectivity index (χ0) is 14.1. The van der Waals surface area contributed by atoms with Gasteiger partial charge in [0.05, 0.1) is 10.2 Å². The van der Waals surface area contributed by atoms with Crippen molar-refractivity contribution in [3.05, 3.63) is 16.0 Å². The van der Waals surface area contributed by atoms with Crippen LogP contribution < -0.4 is 5.73 Å². The van der Waals surface area contributed by atoms with E-state index >= 15 is 0 Å². The van der Waals surface area contributed by atoms with E-state index in [-0.39, 0.29) is 0 Å². The highest BCUT2D eigenvalue weighted by atomic mass is 79.9. The van der Waals surface area contributed by atoms with Crippen LogP contribution in [-0.4, -0.2) is 9.97 Å². The quantitative estimate of drug-likeness (QED) is 0.860. The molecule has 4 heteroatoms. The third-order valence-electron chi connectivity index (χ3n) is 4.79. The summed E-state index contributed by atoms with van der Waals surface area (Å²) >= 11 is 3.56. The van der Waals surface area contributed by atoms with Crippen LogP contribution in [0.4, 0.5) is 5.82 Å². The zero-order valence-electron chi connectivity index (χ0n) is 12.2. The number of nitrogens with two attached hydrogens (primary N) is 1. The molecule has 0 atom stereocenters. The summed E-state index contributed by atoms with van der Waals surface area (Å²) in [7, 11) is 0. The molecular weight excluding hydrogens is 314 g/mol. The van der Waals surface area contributed by atoms with Crippen LogP contribution in [-0.2, 0) is 0 Å². The van der Waals surface area contributed by atoms with Gasteiger partial charge in [0.2, 0.25) is 0 Å². The number of nitrogens with zero attached hydrogens (tertiary/aromatic N) is 2. The molecule has 0 radical (unpaired) electrons. The van der Waals surface area contributed by atoms with Gasteiger partial charge in [0, 0.05) is 11.8 Å². The van der Waals surface area contributed by atoms with E-state index in [1.165, 1.54) is 51.4 Å². The van der Waals surface area contributed by atoms with E-state index in [9.17, 15) is 0 Å². The highest BCUT2D eigenvalue weighted by molar-refractivity contribution is 9.10. The van der Waals surface area contributed by atoms with Crippen molar-refractivity contribution in [2.45, 2.75) is 70.1 Å². The molecule has 1 aromatic heterocycles. The average molecular weight is 338 g/mol.